The average molecular weight is 694 g/mol. The Balaban J connectivity index is 1.14. The molecule has 0 unspecified atom stereocenters. The van der Waals surface area contributed by atoms with E-state index < -0.39 is 0 Å². The predicted molar refractivity (Wildman–Crippen MR) is 221 cm³/mol. The lowest BCUT2D eigenvalue weighted by molar-refractivity contribution is 0.622. The second-order valence-corrected chi connectivity index (χ2v) is 13.6. The summed E-state index contributed by atoms with van der Waals surface area (Å²) in [5.74, 6) is 0.590. The minimum atomic E-state index is 0.590. The molecule has 0 fully saturated rings. The largest absolute Gasteiger partial charge is 0.454 e. The normalized spacial score (nSPS) is 11.7. The van der Waals surface area contributed by atoms with Crippen LogP contribution in [0.3, 0.4) is 0 Å². The van der Waals surface area contributed by atoms with Gasteiger partial charge in [0.15, 0.2) is 11.2 Å². The number of nitrogens with zero attached hydrogens (tertiary/aromatic N) is 3. The fraction of sp³-hybridized carbons (Fsp3) is 0. The van der Waals surface area contributed by atoms with Gasteiger partial charge in [-0.25, -0.2) is 4.98 Å². The summed E-state index contributed by atoms with van der Waals surface area (Å²) >= 11 is 0. The zero-order valence-corrected chi connectivity index (χ0v) is 29.1. The van der Waals surface area contributed by atoms with Crippen molar-refractivity contribution in [3.8, 4) is 28.3 Å². The first kappa shape index (κ1) is 30.3. The minimum absolute atomic E-state index is 0.590. The summed E-state index contributed by atoms with van der Waals surface area (Å²) in [6, 6.07) is 65.6. The summed E-state index contributed by atoms with van der Waals surface area (Å²) in [4.78, 5) is 7.17. The highest BCUT2D eigenvalue weighted by molar-refractivity contribution is 6.19. The number of rotatable bonds is 6. The van der Waals surface area contributed by atoms with Gasteiger partial charge in [-0.3, -0.25) is 0 Å². The molecule has 254 valence electrons. The maximum Gasteiger partial charge on any atom is 0.227 e. The first-order valence-electron chi connectivity index (χ1n) is 18.1. The summed E-state index contributed by atoms with van der Waals surface area (Å²) in [6.45, 7) is 0. The van der Waals surface area contributed by atoms with E-state index in [4.69, 9.17) is 13.8 Å². The molecule has 11 rings (SSSR count). The van der Waals surface area contributed by atoms with Gasteiger partial charge in [0.1, 0.15) is 11.1 Å². The van der Waals surface area contributed by atoms with Gasteiger partial charge in [-0.15, -0.1) is 0 Å². The zero-order valence-electron chi connectivity index (χ0n) is 29.1. The van der Waals surface area contributed by atoms with E-state index >= 15 is 0 Å². The van der Waals surface area contributed by atoms with Gasteiger partial charge in [-0.05, 0) is 90.0 Å². The fourth-order valence-electron chi connectivity index (χ4n) is 7.95. The minimum Gasteiger partial charge on any atom is -0.454 e. The summed E-state index contributed by atoms with van der Waals surface area (Å²) < 4.78 is 15.7. The first-order valence-corrected chi connectivity index (χ1v) is 18.1. The van der Waals surface area contributed by atoms with Gasteiger partial charge in [0, 0.05) is 38.8 Å². The van der Waals surface area contributed by atoms with Crippen LogP contribution in [0.25, 0.3) is 83.1 Å². The lowest BCUT2D eigenvalue weighted by Gasteiger charge is -2.26. The van der Waals surface area contributed by atoms with Crippen LogP contribution in [0.5, 0.6) is 0 Å². The highest BCUT2D eigenvalue weighted by atomic mass is 16.4. The lowest BCUT2D eigenvalue weighted by Crippen LogP contribution is -2.10. The van der Waals surface area contributed by atoms with E-state index in [0.717, 1.165) is 72.4 Å². The number of oxazole rings is 1. The third-order valence-electron chi connectivity index (χ3n) is 10.4. The molecule has 5 nitrogen and oxygen atoms in total. The van der Waals surface area contributed by atoms with Crippen LogP contribution in [-0.2, 0) is 0 Å². The number of hydrogen-bond donors (Lipinski definition) is 0. The van der Waals surface area contributed by atoms with Crippen molar-refractivity contribution in [2.45, 2.75) is 0 Å². The molecule has 0 bridgehead atoms. The van der Waals surface area contributed by atoms with Gasteiger partial charge in [-0.2, -0.15) is 0 Å². The smallest absolute Gasteiger partial charge is 0.227 e. The van der Waals surface area contributed by atoms with Crippen molar-refractivity contribution in [2.75, 3.05) is 4.90 Å². The molecule has 0 spiro atoms. The van der Waals surface area contributed by atoms with E-state index in [2.05, 4.69) is 149 Å². The lowest BCUT2D eigenvalue weighted by atomic mass is 10.0. The molecule has 8 aromatic carbocycles. The Morgan fingerprint density at radius 3 is 1.89 bits per heavy atom. The number of furan rings is 1. The van der Waals surface area contributed by atoms with Crippen LogP contribution in [-0.4, -0.2) is 9.55 Å². The monoisotopic (exact) mass is 693 g/mol. The summed E-state index contributed by atoms with van der Waals surface area (Å²) in [5, 5.41) is 4.25. The van der Waals surface area contributed by atoms with E-state index in [1.165, 1.54) is 21.9 Å². The molecule has 0 N–H and O–H groups in total. The quantitative estimate of drug-likeness (QED) is 0.174. The summed E-state index contributed by atoms with van der Waals surface area (Å²) in [7, 11) is 0. The molecule has 0 aliphatic rings. The van der Waals surface area contributed by atoms with Gasteiger partial charge in [0.05, 0.1) is 22.1 Å². The molecule has 0 amide bonds. The van der Waals surface area contributed by atoms with Crippen molar-refractivity contribution in [3.63, 3.8) is 0 Å². The second-order valence-electron chi connectivity index (χ2n) is 13.6. The Bertz CT molecular complexity index is 3140. The van der Waals surface area contributed by atoms with Crippen LogP contribution in [0, 0.1) is 0 Å². The predicted octanol–water partition coefficient (Wildman–Crippen LogP) is 13.6. The molecular weight excluding hydrogens is 663 g/mol. The zero-order chi connectivity index (χ0) is 35.6. The molecule has 54 heavy (non-hydrogen) atoms. The molecule has 11 aromatic rings. The van der Waals surface area contributed by atoms with Crippen molar-refractivity contribution in [1.29, 1.82) is 0 Å². The molecular formula is C49H31N3O2. The van der Waals surface area contributed by atoms with E-state index in [0.29, 0.717) is 5.89 Å². The first-order chi connectivity index (χ1) is 26.8. The molecule has 0 radical (unpaired) electrons. The Morgan fingerprint density at radius 1 is 0.444 bits per heavy atom. The van der Waals surface area contributed by atoms with Crippen molar-refractivity contribution in [2.24, 2.45) is 0 Å². The number of hydrogen-bond acceptors (Lipinski definition) is 4. The molecule has 0 aliphatic heterocycles. The molecule has 0 saturated heterocycles. The van der Waals surface area contributed by atoms with Crippen LogP contribution in [0.15, 0.2) is 197 Å². The fourth-order valence-corrected chi connectivity index (χ4v) is 7.95. The molecule has 0 atom stereocenters. The van der Waals surface area contributed by atoms with Gasteiger partial charge < -0.3 is 18.3 Å². The third kappa shape index (κ3) is 4.76. The maximum absolute atomic E-state index is 6.81. The van der Waals surface area contributed by atoms with Crippen LogP contribution >= 0.6 is 0 Å². The second kappa shape index (κ2) is 12.1. The Hall–Kier alpha value is -7.37. The molecule has 5 heteroatoms. The van der Waals surface area contributed by atoms with Gasteiger partial charge in [0.25, 0.3) is 0 Å². The van der Waals surface area contributed by atoms with Crippen molar-refractivity contribution >= 4 is 71.9 Å². The Kier molecular flexibility index (Phi) is 6.79. The van der Waals surface area contributed by atoms with Crippen LogP contribution < -0.4 is 4.90 Å². The van der Waals surface area contributed by atoms with Gasteiger partial charge in [-0.1, -0.05) is 109 Å². The van der Waals surface area contributed by atoms with Crippen molar-refractivity contribution < 1.29 is 8.83 Å². The molecule has 3 aromatic heterocycles. The SMILES string of the molecule is c1ccc(-c2ccc(N(c3ccc4c(c3)c3ccccc3n4-c3ccccc3)c3cccc4c3oc3ccc5nc(-c6ccccc6)oc5c34)cc2)cc1. The van der Waals surface area contributed by atoms with Crippen molar-refractivity contribution in [1.82, 2.24) is 9.55 Å². The van der Waals surface area contributed by atoms with E-state index in [1.54, 1.807) is 0 Å². The number of para-hydroxylation sites is 3. The summed E-state index contributed by atoms with van der Waals surface area (Å²) in [5.41, 5.74) is 12.7. The van der Waals surface area contributed by atoms with E-state index in [-0.39, 0.29) is 0 Å². The van der Waals surface area contributed by atoms with Crippen molar-refractivity contribution in [3.05, 3.63) is 188 Å². The Morgan fingerprint density at radius 2 is 1.09 bits per heavy atom. The van der Waals surface area contributed by atoms with Crippen LogP contribution in [0.2, 0.25) is 0 Å². The van der Waals surface area contributed by atoms with Gasteiger partial charge in [0.2, 0.25) is 5.89 Å². The van der Waals surface area contributed by atoms with E-state index in [9.17, 15) is 0 Å². The Labute approximate surface area is 310 Å². The van der Waals surface area contributed by atoms with E-state index in [1.807, 2.05) is 48.5 Å². The average Bonchev–Trinajstić information content (AvgIpc) is 3.94. The molecule has 3 heterocycles. The maximum atomic E-state index is 6.81. The van der Waals surface area contributed by atoms with Gasteiger partial charge >= 0.3 is 0 Å². The number of anilines is 3. The topological polar surface area (TPSA) is 47.3 Å². The molecule has 0 saturated carbocycles. The third-order valence-corrected chi connectivity index (χ3v) is 10.4. The summed E-state index contributed by atoms with van der Waals surface area (Å²) in [6.07, 6.45) is 0. The number of fused-ring (bicyclic) bond motifs is 8. The number of aromatic nitrogens is 2. The van der Waals surface area contributed by atoms with Crippen LogP contribution in [0.1, 0.15) is 0 Å². The molecule has 0 aliphatic carbocycles. The number of benzene rings is 8. The highest BCUT2D eigenvalue weighted by Gasteiger charge is 2.23. The standard InChI is InChI=1S/C49H31N3O2/c1-4-13-32(14-5-1)33-23-25-36(26-24-33)51(37-27-29-43-40(31-37)38-19-10-11-21-42(38)52(43)35-17-8-3-9-18-35)44-22-12-20-39-46-45(53-47(39)44)30-28-41-48(46)54-49(50-41)34-15-6-2-7-16-34/h1-31H. The highest BCUT2D eigenvalue weighted by Crippen LogP contribution is 2.46. The van der Waals surface area contributed by atoms with Crippen LogP contribution in [0.4, 0.5) is 17.1 Å².